The number of ether oxygens (including phenoxy) is 3. The van der Waals surface area contributed by atoms with E-state index in [1.807, 2.05) is 32.0 Å². The summed E-state index contributed by atoms with van der Waals surface area (Å²) in [5.41, 5.74) is 2.39. The van der Waals surface area contributed by atoms with Crippen molar-refractivity contribution in [2.75, 3.05) is 6.61 Å². The largest absolute Gasteiger partial charge is 0.508 e. The van der Waals surface area contributed by atoms with Gasteiger partial charge in [-0.2, -0.15) is 0 Å². The topological polar surface area (TPSA) is 68.2 Å². The van der Waals surface area contributed by atoms with Gasteiger partial charge < -0.3 is 24.4 Å². The molecule has 5 heteroatoms. The zero-order valence-corrected chi connectivity index (χ0v) is 14.2. The Morgan fingerprint density at radius 1 is 1.04 bits per heavy atom. The molecule has 3 aliphatic heterocycles. The summed E-state index contributed by atoms with van der Waals surface area (Å²) in [7, 11) is 0. The van der Waals surface area contributed by atoms with E-state index in [-0.39, 0.29) is 17.8 Å². The van der Waals surface area contributed by atoms with Gasteiger partial charge in [-0.25, -0.2) is 0 Å². The van der Waals surface area contributed by atoms with Crippen LogP contribution in [0.4, 0.5) is 0 Å². The van der Waals surface area contributed by atoms with Crippen molar-refractivity contribution in [1.82, 2.24) is 0 Å². The van der Waals surface area contributed by atoms with Crippen LogP contribution in [0.2, 0.25) is 0 Å². The standard InChI is InChI=1S/C20H20O5/c1-20(2)18(22)6-10-5-13-16(8-15(10)25-20)23-9-14-12-4-3-11(21)7-17(12)24-19(13)14/h3-5,7-8,14,18-19,21-22H,6,9H2,1-2H3/t14-,18-,19-/m0/s1. The summed E-state index contributed by atoms with van der Waals surface area (Å²) >= 11 is 0. The first-order chi connectivity index (χ1) is 11.9. The van der Waals surface area contributed by atoms with Crippen LogP contribution < -0.4 is 14.2 Å². The molecular formula is C20H20O5. The van der Waals surface area contributed by atoms with Crippen molar-refractivity contribution >= 4 is 0 Å². The molecule has 0 unspecified atom stereocenters. The molecule has 0 radical (unpaired) electrons. The molecule has 0 spiro atoms. The van der Waals surface area contributed by atoms with E-state index in [0.29, 0.717) is 18.8 Å². The molecule has 0 saturated carbocycles. The van der Waals surface area contributed by atoms with Gasteiger partial charge in [0.05, 0.1) is 18.6 Å². The molecule has 3 atom stereocenters. The first kappa shape index (κ1) is 14.9. The average Bonchev–Trinajstić information content (AvgIpc) is 2.92. The van der Waals surface area contributed by atoms with E-state index in [2.05, 4.69) is 0 Å². The molecule has 130 valence electrons. The first-order valence-corrected chi connectivity index (χ1v) is 8.58. The van der Waals surface area contributed by atoms with Gasteiger partial charge in [-0.3, -0.25) is 0 Å². The lowest BCUT2D eigenvalue weighted by Gasteiger charge is -2.38. The lowest BCUT2D eigenvalue weighted by atomic mass is 9.85. The van der Waals surface area contributed by atoms with Gasteiger partial charge in [-0.1, -0.05) is 6.07 Å². The van der Waals surface area contributed by atoms with Crippen molar-refractivity contribution in [3.8, 4) is 23.0 Å². The third-order valence-electron chi connectivity index (χ3n) is 5.52. The smallest absolute Gasteiger partial charge is 0.138 e. The van der Waals surface area contributed by atoms with Gasteiger partial charge >= 0.3 is 0 Å². The maximum absolute atomic E-state index is 10.3. The molecule has 5 nitrogen and oxygen atoms in total. The van der Waals surface area contributed by atoms with Crippen LogP contribution in [0.25, 0.3) is 0 Å². The number of hydrogen-bond donors (Lipinski definition) is 2. The molecule has 0 fully saturated rings. The number of benzene rings is 2. The highest BCUT2D eigenvalue weighted by Crippen LogP contribution is 2.53. The number of hydrogen-bond acceptors (Lipinski definition) is 5. The fraction of sp³-hybridized carbons (Fsp3) is 0.400. The molecular weight excluding hydrogens is 320 g/mol. The van der Waals surface area contributed by atoms with Gasteiger partial charge in [0.1, 0.15) is 34.7 Å². The Morgan fingerprint density at radius 3 is 2.72 bits per heavy atom. The molecule has 0 aromatic heterocycles. The average molecular weight is 340 g/mol. The summed E-state index contributed by atoms with van der Waals surface area (Å²) in [4.78, 5) is 0. The van der Waals surface area contributed by atoms with Gasteiger partial charge in [0.2, 0.25) is 0 Å². The molecule has 3 heterocycles. The monoisotopic (exact) mass is 340 g/mol. The molecule has 2 aromatic carbocycles. The Bertz CT molecular complexity index is 873. The predicted molar refractivity (Wildman–Crippen MR) is 90.6 cm³/mol. The van der Waals surface area contributed by atoms with E-state index in [1.165, 1.54) is 0 Å². The summed E-state index contributed by atoms with van der Waals surface area (Å²) < 4.78 is 18.1. The van der Waals surface area contributed by atoms with Crippen molar-refractivity contribution in [3.05, 3.63) is 47.0 Å². The number of phenolic OH excluding ortho intramolecular Hbond substituents is 1. The molecule has 0 aliphatic carbocycles. The Hall–Kier alpha value is -2.40. The van der Waals surface area contributed by atoms with E-state index in [4.69, 9.17) is 14.2 Å². The maximum Gasteiger partial charge on any atom is 0.138 e. The van der Waals surface area contributed by atoms with Crippen molar-refractivity contribution in [2.45, 2.75) is 44.0 Å². The van der Waals surface area contributed by atoms with E-state index in [1.54, 1.807) is 12.1 Å². The first-order valence-electron chi connectivity index (χ1n) is 8.58. The Kier molecular flexibility index (Phi) is 2.87. The van der Waals surface area contributed by atoms with Crippen LogP contribution in [0.5, 0.6) is 23.0 Å². The minimum absolute atomic E-state index is 0.104. The van der Waals surface area contributed by atoms with E-state index in [0.717, 1.165) is 28.2 Å². The maximum atomic E-state index is 10.3. The van der Waals surface area contributed by atoms with Crippen molar-refractivity contribution < 1.29 is 24.4 Å². The predicted octanol–water partition coefficient (Wildman–Crippen LogP) is 3.08. The second kappa shape index (κ2) is 4.82. The number of aliphatic hydroxyl groups is 1. The van der Waals surface area contributed by atoms with E-state index in [9.17, 15) is 10.2 Å². The fourth-order valence-electron chi connectivity index (χ4n) is 3.98. The molecule has 3 aliphatic rings. The highest BCUT2D eigenvalue weighted by molar-refractivity contribution is 5.55. The van der Waals surface area contributed by atoms with Gasteiger partial charge in [0.25, 0.3) is 0 Å². The van der Waals surface area contributed by atoms with Gasteiger partial charge in [0, 0.05) is 29.7 Å². The van der Waals surface area contributed by atoms with Crippen LogP contribution in [-0.4, -0.2) is 28.5 Å². The number of rotatable bonds is 0. The van der Waals surface area contributed by atoms with Gasteiger partial charge in [-0.05, 0) is 31.5 Å². The zero-order valence-electron chi connectivity index (χ0n) is 14.2. The molecule has 2 N–H and O–H groups in total. The normalized spacial score (nSPS) is 27.7. The Balaban J connectivity index is 1.57. The molecule has 5 rings (SSSR count). The van der Waals surface area contributed by atoms with Crippen molar-refractivity contribution in [1.29, 1.82) is 0 Å². The van der Waals surface area contributed by atoms with Crippen LogP contribution in [-0.2, 0) is 6.42 Å². The van der Waals surface area contributed by atoms with Crippen LogP contribution in [0.3, 0.4) is 0 Å². The molecule has 0 amide bonds. The summed E-state index contributed by atoms with van der Waals surface area (Å²) in [5, 5.41) is 20.0. The number of fused-ring (bicyclic) bond motifs is 6. The zero-order chi connectivity index (χ0) is 17.3. The van der Waals surface area contributed by atoms with Crippen LogP contribution in [0.15, 0.2) is 30.3 Å². The number of aliphatic hydroxyl groups excluding tert-OH is 1. The summed E-state index contributed by atoms with van der Waals surface area (Å²) in [6.07, 6.45) is -0.157. The minimum atomic E-state index is -0.615. The highest BCUT2D eigenvalue weighted by atomic mass is 16.5. The molecule has 0 saturated heterocycles. The van der Waals surface area contributed by atoms with Crippen molar-refractivity contribution in [2.24, 2.45) is 0 Å². The Morgan fingerprint density at radius 2 is 1.88 bits per heavy atom. The number of phenols is 1. The lowest BCUT2D eigenvalue weighted by Crippen LogP contribution is -2.46. The fourth-order valence-corrected chi connectivity index (χ4v) is 3.98. The van der Waals surface area contributed by atoms with Gasteiger partial charge in [0.15, 0.2) is 0 Å². The highest BCUT2D eigenvalue weighted by Gasteiger charge is 2.43. The van der Waals surface area contributed by atoms with Crippen LogP contribution in [0, 0.1) is 0 Å². The molecule has 2 aromatic rings. The van der Waals surface area contributed by atoms with E-state index >= 15 is 0 Å². The van der Waals surface area contributed by atoms with Crippen LogP contribution in [0.1, 0.15) is 42.6 Å². The second-order valence-corrected chi connectivity index (χ2v) is 7.60. The van der Waals surface area contributed by atoms with Crippen LogP contribution >= 0.6 is 0 Å². The third-order valence-corrected chi connectivity index (χ3v) is 5.52. The Labute approximate surface area is 145 Å². The van der Waals surface area contributed by atoms with Gasteiger partial charge in [-0.15, -0.1) is 0 Å². The number of aromatic hydroxyl groups is 1. The second-order valence-electron chi connectivity index (χ2n) is 7.60. The SMILES string of the molecule is CC1(C)Oc2cc3c(cc2C[C@@H]1O)[C@@H]1Oc2cc(O)ccc2[C@@H]1CO3. The lowest BCUT2D eigenvalue weighted by molar-refractivity contribution is -0.0415. The summed E-state index contributed by atoms with van der Waals surface area (Å²) in [6, 6.07) is 9.18. The quantitative estimate of drug-likeness (QED) is 0.771. The summed E-state index contributed by atoms with van der Waals surface area (Å²) in [5.74, 6) is 2.54. The van der Waals surface area contributed by atoms with E-state index < -0.39 is 11.7 Å². The molecule has 0 bridgehead atoms. The summed E-state index contributed by atoms with van der Waals surface area (Å²) in [6.45, 7) is 4.31. The van der Waals surface area contributed by atoms with Crippen molar-refractivity contribution in [3.63, 3.8) is 0 Å². The molecule has 25 heavy (non-hydrogen) atoms. The third kappa shape index (κ3) is 2.12. The minimum Gasteiger partial charge on any atom is -0.508 e.